The Labute approximate surface area is 92.2 Å². The number of aromatic carboxylic acids is 1. The van der Waals surface area contributed by atoms with Gasteiger partial charge in [-0.05, 0) is 37.5 Å². The molecule has 16 heavy (non-hydrogen) atoms. The monoisotopic (exact) mass is 223 g/mol. The van der Waals surface area contributed by atoms with Gasteiger partial charge in [-0.2, -0.15) is 4.98 Å². The number of rotatable bonds is 2. The van der Waals surface area contributed by atoms with Crippen LogP contribution in [0.25, 0.3) is 0 Å². The van der Waals surface area contributed by atoms with Crippen LogP contribution in [0.1, 0.15) is 35.8 Å². The van der Waals surface area contributed by atoms with Crippen LogP contribution in [-0.4, -0.2) is 45.8 Å². The number of fused-ring (bicyclic) bond motifs is 2. The highest BCUT2D eigenvalue weighted by Crippen LogP contribution is 2.41. The molecule has 6 heteroatoms. The average Bonchev–Trinajstić information content (AvgIpc) is 2.85. The maximum Gasteiger partial charge on any atom is 0.377 e. The van der Waals surface area contributed by atoms with Crippen molar-refractivity contribution in [2.45, 2.75) is 24.7 Å². The highest BCUT2D eigenvalue weighted by atomic mass is 16.5. The van der Waals surface area contributed by atoms with Gasteiger partial charge >= 0.3 is 5.97 Å². The second-order valence-electron chi connectivity index (χ2n) is 4.64. The van der Waals surface area contributed by atoms with Crippen molar-refractivity contribution in [2.75, 3.05) is 19.6 Å². The van der Waals surface area contributed by atoms with Crippen molar-refractivity contribution in [3.05, 3.63) is 11.7 Å². The zero-order valence-electron chi connectivity index (χ0n) is 8.85. The topological polar surface area (TPSA) is 79.5 Å². The van der Waals surface area contributed by atoms with Gasteiger partial charge in [-0.15, -0.1) is 0 Å². The van der Waals surface area contributed by atoms with Crippen LogP contribution in [-0.2, 0) is 5.41 Å². The predicted octanol–water partition coefficient (Wildman–Crippen LogP) is 0.505. The molecule has 2 aliphatic rings. The first-order valence-electron chi connectivity index (χ1n) is 5.49. The first-order valence-corrected chi connectivity index (χ1v) is 5.49. The van der Waals surface area contributed by atoms with Gasteiger partial charge in [-0.3, -0.25) is 0 Å². The fourth-order valence-electron chi connectivity index (χ4n) is 2.80. The molecule has 2 saturated heterocycles. The normalized spacial score (nSPS) is 32.9. The van der Waals surface area contributed by atoms with Crippen molar-refractivity contribution in [3.63, 3.8) is 0 Å². The van der Waals surface area contributed by atoms with Crippen LogP contribution in [0.3, 0.4) is 0 Å². The molecule has 0 saturated carbocycles. The summed E-state index contributed by atoms with van der Waals surface area (Å²) in [6.45, 7) is 3.10. The van der Waals surface area contributed by atoms with Gasteiger partial charge in [-0.25, -0.2) is 4.79 Å². The molecular weight excluding hydrogens is 210 g/mol. The molecule has 2 unspecified atom stereocenters. The van der Waals surface area contributed by atoms with Crippen LogP contribution in [0.15, 0.2) is 4.52 Å². The molecule has 0 amide bonds. The van der Waals surface area contributed by atoms with Crippen LogP contribution in [0.5, 0.6) is 0 Å². The molecule has 2 fully saturated rings. The van der Waals surface area contributed by atoms with Crippen LogP contribution in [0.2, 0.25) is 0 Å². The maximum atomic E-state index is 10.7. The summed E-state index contributed by atoms with van der Waals surface area (Å²) < 4.78 is 5.12. The Hall–Kier alpha value is -1.43. The number of nitrogens with zero attached hydrogens (tertiary/aromatic N) is 3. The highest BCUT2D eigenvalue weighted by Gasteiger charge is 2.46. The summed E-state index contributed by atoms with van der Waals surface area (Å²) >= 11 is 0. The highest BCUT2D eigenvalue weighted by molar-refractivity contribution is 5.82. The lowest BCUT2D eigenvalue weighted by Gasteiger charge is -2.30. The van der Waals surface area contributed by atoms with E-state index in [-0.39, 0.29) is 11.2 Å². The Morgan fingerprint density at radius 3 is 3.06 bits per heavy atom. The zero-order chi connectivity index (χ0) is 11.2. The van der Waals surface area contributed by atoms with Crippen molar-refractivity contribution in [1.29, 1.82) is 0 Å². The van der Waals surface area contributed by atoms with Gasteiger partial charge in [0, 0.05) is 6.54 Å². The third kappa shape index (κ3) is 1.33. The van der Waals surface area contributed by atoms with Gasteiger partial charge in [0.2, 0.25) is 5.89 Å². The fourth-order valence-corrected chi connectivity index (χ4v) is 2.80. The van der Waals surface area contributed by atoms with Crippen molar-refractivity contribution in [2.24, 2.45) is 0 Å². The number of hydrogen-bond donors (Lipinski definition) is 1. The molecule has 1 N–H and O–H groups in total. The standard InChI is InChI=1S/C10H13N3O3/c14-8(15)7-11-9(16-12-7)10-2-1-4-13(6-10)5-3-10/h1-6H2,(H,14,15). The van der Waals surface area contributed by atoms with E-state index < -0.39 is 5.97 Å². The maximum absolute atomic E-state index is 10.7. The van der Waals surface area contributed by atoms with Gasteiger partial charge < -0.3 is 14.5 Å². The summed E-state index contributed by atoms with van der Waals surface area (Å²) in [5.74, 6) is -0.849. The van der Waals surface area contributed by atoms with E-state index in [4.69, 9.17) is 9.63 Å². The molecule has 2 atom stereocenters. The summed E-state index contributed by atoms with van der Waals surface area (Å²) in [7, 11) is 0. The molecular formula is C10H13N3O3. The van der Waals surface area contributed by atoms with Crippen LogP contribution >= 0.6 is 0 Å². The van der Waals surface area contributed by atoms with E-state index in [0.717, 1.165) is 38.9 Å². The quantitative estimate of drug-likeness (QED) is 0.786. The molecule has 6 nitrogen and oxygen atoms in total. The van der Waals surface area contributed by atoms with Crippen molar-refractivity contribution in [1.82, 2.24) is 15.0 Å². The summed E-state index contributed by atoms with van der Waals surface area (Å²) in [6, 6.07) is 0. The molecule has 0 spiro atoms. The molecule has 3 heterocycles. The number of piperidine rings is 1. The lowest BCUT2D eigenvalue weighted by molar-refractivity contribution is 0.0680. The van der Waals surface area contributed by atoms with Gasteiger partial charge in [0.15, 0.2) is 0 Å². The Bertz CT molecular complexity index is 427. The number of carboxylic acids is 1. The summed E-state index contributed by atoms with van der Waals surface area (Å²) in [6.07, 6.45) is 3.13. The molecule has 3 rings (SSSR count). The summed E-state index contributed by atoms with van der Waals surface area (Å²) in [4.78, 5) is 17.1. The Morgan fingerprint density at radius 2 is 2.31 bits per heavy atom. The summed E-state index contributed by atoms with van der Waals surface area (Å²) in [5.41, 5.74) is -0.0844. The SMILES string of the molecule is O=C(O)c1noc(C23CCCN(CC2)C3)n1. The van der Waals surface area contributed by atoms with Crippen molar-refractivity contribution >= 4 is 5.97 Å². The minimum Gasteiger partial charge on any atom is -0.475 e. The van der Waals surface area contributed by atoms with Crippen LogP contribution < -0.4 is 0 Å². The van der Waals surface area contributed by atoms with Crippen LogP contribution in [0, 0.1) is 0 Å². The number of carbonyl (C=O) groups is 1. The molecule has 0 aromatic carbocycles. The molecule has 2 bridgehead atoms. The summed E-state index contributed by atoms with van der Waals surface area (Å²) in [5, 5.41) is 12.3. The third-order valence-corrected chi connectivity index (χ3v) is 3.63. The third-order valence-electron chi connectivity index (χ3n) is 3.63. The Morgan fingerprint density at radius 1 is 1.44 bits per heavy atom. The van der Waals surface area contributed by atoms with Gasteiger partial charge in [0.05, 0.1) is 5.41 Å². The molecule has 0 radical (unpaired) electrons. The Balaban J connectivity index is 1.93. The smallest absolute Gasteiger partial charge is 0.377 e. The molecule has 0 aliphatic carbocycles. The first kappa shape index (κ1) is 9.77. The van der Waals surface area contributed by atoms with Crippen molar-refractivity contribution in [3.8, 4) is 0 Å². The Kier molecular flexibility index (Phi) is 2.00. The largest absolute Gasteiger partial charge is 0.475 e. The van der Waals surface area contributed by atoms with Gasteiger partial charge in [0.25, 0.3) is 5.82 Å². The lowest BCUT2D eigenvalue weighted by Crippen LogP contribution is -2.37. The average molecular weight is 223 g/mol. The van der Waals surface area contributed by atoms with E-state index in [1.807, 2.05) is 0 Å². The predicted molar refractivity (Wildman–Crippen MR) is 53.2 cm³/mol. The van der Waals surface area contributed by atoms with E-state index in [2.05, 4.69) is 15.0 Å². The van der Waals surface area contributed by atoms with E-state index in [0.29, 0.717) is 5.89 Å². The number of carboxylic acid groups (broad SMARTS) is 1. The second kappa shape index (κ2) is 3.28. The van der Waals surface area contributed by atoms with E-state index in [1.165, 1.54) is 0 Å². The molecule has 1 aromatic heterocycles. The molecule has 2 aliphatic heterocycles. The number of aromatic nitrogens is 2. The zero-order valence-corrected chi connectivity index (χ0v) is 8.85. The van der Waals surface area contributed by atoms with E-state index in [9.17, 15) is 4.79 Å². The fraction of sp³-hybridized carbons (Fsp3) is 0.700. The van der Waals surface area contributed by atoms with E-state index >= 15 is 0 Å². The second-order valence-corrected chi connectivity index (χ2v) is 4.64. The van der Waals surface area contributed by atoms with Gasteiger partial charge in [-0.1, -0.05) is 0 Å². The first-order chi connectivity index (χ1) is 7.70. The van der Waals surface area contributed by atoms with E-state index in [1.54, 1.807) is 0 Å². The molecule has 86 valence electrons. The molecule has 1 aromatic rings. The lowest BCUT2D eigenvalue weighted by atomic mass is 9.81. The minimum atomic E-state index is -1.13. The van der Waals surface area contributed by atoms with Crippen molar-refractivity contribution < 1.29 is 14.4 Å². The number of hydrogen-bond acceptors (Lipinski definition) is 5. The van der Waals surface area contributed by atoms with Gasteiger partial charge in [0.1, 0.15) is 0 Å². The minimum absolute atomic E-state index is 0.0844. The van der Waals surface area contributed by atoms with Crippen LogP contribution in [0.4, 0.5) is 0 Å².